The van der Waals surface area contributed by atoms with Crippen molar-refractivity contribution in [3.63, 3.8) is 0 Å². The Kier molecular flexibility index (Phi) is 5.86. The summed E-state index contributed by atoms with van der Waals surface area (Å²) in [7, 11) is 0. The van der Waals surface area contributed by atoms with Crippen LogP contribution in [0.2, 0.25) is 0 Å². The molecule has 0 radical (unpaired) electrons. The van der Waals surface area contributed by atoms with E-state index in [0.717, 1.165) is 51.6 Å². The zero-order valence-corrected chi connectivity index (χ0v) is 14.2. The lowest BCUT2D eigenvalue weighted by atomic mass is 10.1. The predicted molar refractivity (Wildman–Crippen MR) is 91.0 cm³/mol. The van der Waals surface area contributed by atoms with E-state index >= 15 is 0 Å². The number of carbonyl (C=O) groups excluding carboxylic acids is 2. The number of likely N-dealkylation sites (tertiary alicyclic amines) is 1. The van der Waals surface area contributed by atoms with Crippen LogP contribution in [-0.4, -0.2) is 47.5 Å². The van der Waals surface area contributed by atoms with Gasteiger partial charge in [0.2, 0.25) is 5.91 Å². The Labute approximate surface area is 143 Å². The highest BCUT2D eigenvalue weighted by Crippen LogP contribution is 2.22. The van der Waals surface area contributed by atoms with Crippen LogP contribution in [0, 0.1) is 0 Å². The number of nitrogens with zero attached hydrogens (tertiary/aromatic N) is 2. The minimum absolute atomic E-state index is 0.127. The third kappa shape index (κ3) is 4.35. The molecule has 0 bridgehead atoms. The molecule has 5 heteroatoms. The first-order chi connectivity index (χ1) is 11.7. The van der Waals surface area contributed by atoms with Crippen LogP contribution in [0.4, 0.5) is 0 Å². The van der Waals surface area contributed by atoms with E-state index in [9.17, 15) is 9.59 Å². The van der Waals surface area contributed by atoms with E-state index in [4.69, 9.17) is 4.84 Å². The fourth-order valence-corrected chi connectivity index (χ4v) is 3.50. The zero-order chi connectivity index (χ0) is 16.8. The van der Waals surface area contributed by atoms with E-state index in [1.54, 1.807) is 5.06 Å². The molecule has 2 aliphatic heterocycles. The molecule has 0 aromatic heterocycles. The van der Waals surface area contributed by atoms with Gasteiger partial charge in [-0.1, -0.05) is 30.3 Å². The first-order valence-electron chi connectivity index (χ1n) is 9.04. The molecule has 1 aromatic carbocycles. The highest BCUT2D eigenvalue weighted by Gasteiger charge is 2.36. The van der Waals surface area contributed by atoms with Gasteiger partial charge in [0.25, 0.3) is 0 Å². The average molecular weight is 330 g/mol. The van der Waals surface area contributed by atoms with Crippen LogP contribution in [0.1, 0.15) is 44.1 Å². The molecule has 2 aliphatic rings. The number of hydrogen-bond acceptors (Lipinski definition) is 4. The van der Waals surface area contributed by atoms with Crippen molar-refractivity contribution in [3.8, 4) is 0 Å². The second-order valence-electron chi connectivity index (χ2n) is 6.63. The van der Waals surface area contributed by atoms with Crippen molar-refractivity contribution in [3.05, 3.63) is 35.9 Å². The van der Waals surface area contributed by atoms with Crippen molar-refractivity contribution in [1.82, 2.24) is 9.96 Å². The third-order valence-electron chi connectivity index (χ3n) is 4.81. The molecular formula is C19H26N2O3. The van der Waals surface area contributed by atoms with Gasteiger partial charge in [-0.15, -0.1) is 5.06 Å². The number of benzene rings is 1. The number of hydroxylamine groups is 2. The summed E-state index contributed by atoms with van der Waals surface area (Å²) in [5, 5.41) is 1.62. The summed E-state index contributed by atoms with van der Waals surface area (Å²) in [5.74, 6) is -0.103. The zero-order valence-electron chi connectivity index (χ0n) is 14.2. The summed E-state index contributed by atoms with van der Waals surface area (Å²) in [5.41, 5.74) is 1.23. The first-order valence-corrected chi connectivity index (χ1v) is 9.04. The number of rotatable bonds is 6. The number of aryl methyl sites for hydroxylation is 1. The van der Waals surface area contributed by atoms with Gasteiger partial charge in [-0.25, -0.2) is 0 Å². The van der Waals surface area contributed by atoms with Crippen LogP contribution in [-0.2, 0) is 20.8 Å². The molecule has 24 heavy (non-hydrogen) atoms. The summed E-state index contributed by atoms with van der Waals surface area (Å²) in [4.78, 5) is 32.0. The second kappa shape index (κ2) is 8.29. The van der Waals surface area contributed by atoms with E-state index in [0.29, 0.717) is 13.0 Å². The maximum Gasteiger partial charge on any atom is 0.325 e. The normalized spacial score (nSPS) is 21.2. The van der Waals surface area contributed by atoms with Crippen molar-refractivity contribution >= 4 is 11.9 Å². The summed E-state index contributed by atoms with van der Waals surface area (Å²) >= 11 is 0. The standard InChI is InChI=1S/C19H26N2O3/c22-18(12-6-10-16-8-2-1-3-9-16)24-21-15-7-11-17(21)19(23)20-13-4-5-14-20/h1-3,8-9,17H,4-7,10-15H2/t17-/m0/s1. The Bertz CT molecular complexity index is 555. The van der Waals surface area contributed by atoms with Gasteiger partial charge in [0.05, 0.1) is 0 Å². The van der Waals surface area contributed by atoms with Gasteiger partial charge in [-0.3, -0.25) is 9.59 Å². The van der Waals surface area contributed by atoms with E-state index in [2.05, 4.69) is 12.1 Å². The Balaban J connectivity index is 1.43. The number of hydrogen-bond donors (Lipinski definition) is 0. The van der Waals surface area contributed by atoms with Gasteiger partial charge in [-0.2, -0.15) is 0 Å². The lowest BCUT2D eigenvalue weighted by molar-refractivity contribution is -0.197. The van der Waals surface area contributed by atoms with E-state index in [1.165, 1.54) is 5.56 Å². The van der Waals surface area contributed by atoms with Gasteiger partial charge in [0.15, 0.2) is 0 Å². The molecule has 1 amide bonds. The van der Waals surface area contributed by atoms with Crippen LogP contribution in [0.15, 0.2) is 30.3 Å². The van der Waals surface area contributed by atoms with Crippen molar-refractivity contribution < 1.29 is 14.4 Å². The molecule has 130 valence electrons. The van der Waals surface area contributed by atoms with Crippen LogP contribution in [0.3, 0.4) is 0 Å². The van der Waals surface area contributed by atoms with Crippen molar-refractivity contribution in [1.29, 1.82) is 0 Å². The molecule has 0 saturated carbocycles. The Morgan fingerprint density at radius 3 is 2.54 bits per heavy atom. The third-order valence-corrected chi connectivity index (χ3v) is 4.81. The number of amides is 1. The minimum Gasteiger partial charge on any atom is -0.367 e. The molecular weight excluding hydrogens is 304 g/mol. The van der Waals surface area contributed by atoms with Gasteiger partial charge in [0, 0.05) is 26.1 Å². The molecule has 1 atom stereocenters. The molecule has 0 unspecified atom stereocenters. The summed E-state index contributed by atoms with van der Waals surface area (Å²) in [6, 6.07) is 9.86. The van der Waals surface area contributed by atoms with Crippen LogP contribution in [0.5, 0.6) is 0 Å². The SMILES string of the molecule is O=C(CCCc1ccccc1)ON1CCC[C@H]1C(=O)N1CCCC1. The molecule has 0 spiro atoms. The monoisotopic (exact) mass is 330 g/mol. The smallest absolute Gasteiger partial charge is 0.325 e. The fraction of sp³-hybridized carbons (Fsp3) is 0.579. The maximum absolute atomic E-state index is 12.5. The predicted octanol–water partition coefficient (Wildman–Crippen LogP) is 2.55. The highest BCUT2D eigenvalue weighted by molar-refractivity contribution is 5.82. The van der Waals surface area contributed by atoms with E-state index in [-0.39, 0.29) is 17.9 Å². The first kappa shape index (κ1) is 17.0. The lowest BCUT2D eigenvalue weighted by Crippen LogP contribution is -2.45. The average Bonchev–Trinajstić information content (AvgIpc) is 3.27. The number of carbonyl (C=O) groups is 2. The largest absolute Gasteiger partial charge is 0.367 e. The summed E-state index contributed by atoms with van der Waals surface area (Å²) in [6.07, 6.45) is 5.87. The lowest BCUT2D eigenvalue weighted by Gasteiger charge is -2.26. The van der Waals surface area contributed by atoms with Crippen LogP contribution in [0.25, 0.3) is 0 Å². The van der Waals surface area contributed by atoms with Gasteiger partial charge < -0.3 is 9.74 Å². The molecule has 0 N–H and O–H groups in total. The fourth-order valence-electron chi connectivity index (χ4n) is 3.50. The molecule has 5 nitrogen and oxygen atoms in total. The molecule has 3 rings (SSSR count). The highest BCUT2D eigenvalue weighted by atomic mass is 16.7. The van der Waals surface area contributed by atoms with E-state index < -0.39 is 0 Å². The Hall–Kier alpha value is -1.88. The molecule has 2 heterocycles. The molecule has 1 aromatic rings. The molecule has 2 saturated heterocycles. The Morgan fingerprint density at radius 2 is 1.79 bits per heavy atom. The molecule has 0 aliphatic carbocycles. The van der Waals surface area contributed by atoms with Crippen molar-refractivity contribution in [2.24, 2.45) is 0 Å². The van der Waals surface area contributed by atoms with Crippen molar-refractivity contribution in [2.75, 3.05) is 19.6 Å². The topological polar surface area (TPSA) is 49.9 Å². The van der Waals surface area contributed by atoms with Gasteiger partial charge in [-0.05, 0) is 44.1 Å². The molecule has 2 fully saturated rings. The Morgan fingerprint density at radius 1 is 1.04 bits per heavy atom. The summed E-state index contributed by atoms with van der Waals surface area (Å²) < 4.78 is 0. The quantitative estimate of drug-likeness (QED) is 0.804. The van der Waals surface area contributed by atoms with E-state index in [1.807, 2.05) is 23.1 Å². The summed E-state index contributed by atoms with van der Waals surface area (Å²) in [6.45, 7) is 2.34. The van der Waals surface area contributed by atoms with Crippen molar-refractivity contribution in [2.45, 2.75) is 51.0 Å². The van der Waals surface area contributed by atoms with Gasteiger partial charge in [0.1, 0.15) is 6.04 Å². The minimum atomic E-state index is -0.277. The second-order valence-corrected chi connectivity index (χ2v) is 6.63. The maximum atomic E-state index is 12.5. The van der Waals surface area contributed by atoms with Crippen LogP contribution < -0.4 is 0 Å². The van der Waals surface area contributed by atoms with Crippen LogP contribution >= 0.6 is 0 Å². The van der Waals surface area contributed by atoms with Gasteiger partial charge >= 0.3 is 5.97 Å².